The van der Waals surface area contributed by atoms with E-state index in [4.69, 9.17) is 0 Å². The Balaban J connectivity index is 2.22. The molecular weight excluding hydrogens is 234 g/mol. The molecular formula is C12H9N3O3. The van der Waals surface area contributed by atoms with E-state index in [-0.39, 0.29) is 22.9 Å². The normalized spacial score (nSPS) is 10.9. The number of hydrogen-bond donors (Lipinski definition) is 3. The molecule has 0 atom stereocenters. The SMILES string of the molecule is Oc1ccc(O)c(-n2nc3ccc(O)cc3n2)c1. The van der Waals surface area contributed by atoms with Crippen molar-refractivity contribution >= 4 is 11.0 Å². The summed E-state index contributed by atoms with van der Waals surface area (Å²) in [5.74, 6) is 0.0546. The molecule has 0 aliphatic heterocycles. The van der Waals surface area contributed by atoms with E-state index in [2.05, 4.69) is 10.2 Å². The molecule has 0 aliphatic carbocycles. The van der Waals surface area contributed by atoms with Crippen LogP contribution in [0.15, 0.2) is 36.4 Å². The molecule has 0 unspecified atom stereocenters. The molecule has 0 radical (unpaired) electrons. The number of rotatable bonds is 1. The number of phenols is 3. The van der Waals surface area contributed by atoms with E-state index in [0.29, 0.717) is 11.0 Å². The molecule has 6 nitrogen and oxygen atoms in total. The summed E-state index contributed by atoms with van der Waals surface area (Å²) in [6.45, 7) is 0. The van der Waals surface area contributed by atoms with Crippen LogP contribution in [0.5, 0.6) is 17.2 Å². The van der Waals surface area contributed by atoms with Gasteiger partial charge >= 0.3 is 0 Å². The van der Waals surface area contributed by atoms with Crippen LogP contribution in [0.25, 0.3) is 16.7 Å². The molecule has 0 amide bonds. The second-order valence-corrected chi connectivity index (χ2v) is 3.84. The molecule has 1 aromatic heterocycles. The zero-order valence-electron chi connectivity index (χ0n) is 9.15. The maximum atomic E-state index is 9.71. The van der Waals surface area contributed by atoms with Crippen LogP contribution in [0, 0.1) is 0 Å². The van der Waals surface area contributed by atoms with E-state index >= 15 is 0 Å². The van der Waals surface area contributed by atoms with Gasteiger partial charge in [-0.2, -0.15) is 0 Å². The predicted molar refractivity (Wildman–Crippen MR) is 63.9 cm³/mol. The number of phenolic OH excluding ortho intramolecular Hbond substituents is 3. The first-order chi connectivity index (χ1) is 8.63. The first kappa shape index (κ1) is 10.4. The summed E-state index contributed by atoms with van der Waals surface area (Å²) >= 11 is 0. The van der Waals surface area contributed by atoms with Crippen molar-refractivity contribution in [3.05, 3.63) is 36.4 Å². The second-order valence-electron chi connectivity index (χ2n) is 3.84. The summed E-state index contributed by atoms with van der Waals surface area (Å²) in [7, 11) is 0. The molecule has 3 N–H and O–H groups in total. The van der Waals surface area contributed by atoms with Gasteiger partial charge in [0.2, 0.25) is 0 Å². The minimum Gasteiger partial charge on any atom is -0.508 e. The van der Waals surface area contributed by atoms with Crippen LogP contribution < -0.4 is 0 Å². The summed E-state index contributed by atoms with van der Waals surface area (Å²) in [6.07, 6.45) is 0. The fraction of sp³-hybridized carbons (Fsp3) is 0. The van der Waals surface area contributed by atoms with Gasteiger partial charge in [-0.05, 0) is 24.3 Å². The van der Waals surface area contributed by atoms with Gasteiger partial charge in [0, 0.05) is 12.1 Å². The standard InChI is InChI=1S/C12H9N3O3/c16-7-1-3-9-10(5-7)14-15(13-9)11-6-8(17)2-4-12(11)18/h1-6,16-18H. The van der Waals surface area contributed by atoms with Gasteiger partial charge in [-0.25, -0.2) is 0 Å². The molecule has 2 aromatic carbocycles. The Kier molecular flexibility index (Phi) is 2.09. The summed E-state index contributed by atoms with van der Waals surface area (Å²) < 4.78 is 0. The number of fused-ring (bicyclic) bond motifs is 1. The Labute approximate surface area is 101 Å². The molecule has 90 valence electrons. The third-order valence-corrected chi connectivity index (χ3v) is 2.54. The fourth-order valence-electron chi connectivity index (χ4n) is 1.68. The van der Waals surface area contributed by atoms with Crippen LogP contribution in [-0.2, 0) is 0 Å². The van der Waals surface area contributed by atoms with E-state index in [0.717, 1.165) is 0 Å². The van der Waals surface area contributed by atoms with Gasteiger partial charge in [-0.3, -0.25) is 0 Å². The van der Waals surface area contributed by atoms with Gasteiger partial charge in [0.15, 0.2) is 0 Å². The third-order valence-electron chi connectivity index (χ3n) is 2.54. The zero-order valence-corrected chi connectivity index (χ0v) is 9.15. The zero-order chi connectivity index (χ0) is 12.7. The number of benzene rings is 2. The molecule has 0 aliphatic rings. The lowest BCUT2D eigenvalue weighted by atomic mass is 10.3. The summed E-state index contributed by atoms with van der Waals surface area (Å²) in [6, 6.07) is 8.68. The Hall–Kier alpha value is -2.76. The van der Waals surface area contributed by atoms with Crippen molar-refractivity contribution in [2.45, 2.75) is 0 Å². The minimum absolute atomic E-state index is 0.00648. The van der Waals surface area contributed by atoms with Crippen LogP contribution >= 0.6 is 0 Å². The van der Waals surface area contributed by atoms with Crippen molar-refractivity contribution in [3.63, 3.8) is 0 Å². The molecule has 3 rings (SSSR count). The highest BCUT2D eigenvalue weighted by Gasteiger charge is 2.09. The van der Waals surface area contributed by atoms with Crippen LogP contribution in [0.4, 0.5) is 0 Å². The van der Waals surface area contributed by atoms with Crippen molar-refractivity contribution in [1.82, 2.24) is 15.0 Å². The van der Waals surface area contributed by atoms with E-state index in [1.54, 1.807) is 6.07 Å². The highest BCUT2D eigenvalue weighted by molar-refractivity contribution is 5.75. The van der Waals surface area contributed by atoms with Crippen molar-refractivity contribution < 1.29 is 15.3 Å². The quantitative estimate of drug-likeness (QED) is 0.564. The van der Waals surface area contributed by atoms with E-state index < -0.39 is 0 Å². The van der Waals surface area contributed by atoms with Crippen molar-refractivity contribution in [1.29, 1.82) is 0 Å². The molecule has 0 spiro atoms. The van der Waals surface area contributed by atoms with Gasteiger partial charge in [0.25, 0.3) is 0 Å². The Bertz CT molecular complexity index is 737. The smallest absolute Gasteiger partial charge is 0.143 e. The number of nitrogens with zero attached hydrogens (tertiary/aromatic N) is 3. The molecule has 18 heavy (non-hydrogen) atoms. The Morgan fingerprint density at radius 3 is 2.28 bits per heavy atom. The largest absolute Gasteiger partial charge is 0.508 e. The molecule has 0 bridgehead atoms. The van der Waals surface area contributed by atoms with Crippen LogP contribution in [0.3, 0.4) is 0 Å². The van der Waals surface area contributed by atoms with Crippen LogP contribution in [-0.4, -0.2) is 30.3 Å². The molecule has 0 fully saturated rings. The van der Waals surface area contributed by atoms with Crippen molar-refractivity contribution in [3.8, 4) is 22.9 Å². The van der Waals surface area contributed by atoms with Crippen LogP contribution in [0.1, 0.15) is 0 Å². The lowest BCUT2D eigenvalue weighted by Gasteiger charge is -2.02. The maximum absolute atomic E-state index is 9.71. The number of hydrogen-bond acceptors (Lipinski definition) is 5. The Morgan fingerprint density at radius 1 is 0.778 bits per heavy atom. The summed E-state index contributed by atoms with van der Waals surface area (Å²) in [5, 5.41) is 36.7. The highest BCUT2D eigenvalue weighted by Crippen LogP contribution is 2.26. The topological polar surface area (TPSA) is 91.4 Å². The van der Waals surface area contributed by atoms with Gasteiger partial charge in [0.05, 0.1) is 0 Å². The fourth-order valence-corrected chi connectivity index (χ4v) is 1.68. The van der Waals surface area contributed by atoms with E-state index in [1.807, 2.05) is 0 Å². The second kappa shape index (κ2) is 3.63. The third kappa shape index (κ3) is 1.60. The first-order valence-electron chi connectivity index (χ1n) is 5.22. The molecule has 0 saturated carbocycles. The molecule has 0 saturated heterocycles. The molecule has 1 heterocycles. The average molecular weight is 243 g/mol. The lowest BCUT2D eigenvalue weighted by molar-refractivity contribution is 0.454. The summed E-state index contributed by atoms with van der Waals surface area (Å²) in [4.78, 5) is 1.21. The van der Waals surface area contributed by atoms with Crippen LogP contribution in [0.2, 0.25) is 0 Å². The van der Waals surface area contributed by atoms with Gasteiger partial charge in [-0.15, -0.1) is 15.0 Å². The van der Waals surface area contributed by atoms with E-state index in [1.165, 1.54) is 35.1 Å². The monoisotopic (exact) mass is 243 g/mol. The molecule has 6 heteroatoms. The van der Waals surface area contributed by atoms with Gasteiger partial charge < -0.3 is 15.3 Å². The Morgan fingerprint density at radius 2 is 1.44 bits per heavy atom. The minimum atomic E-state index is -0.0441. The number of aromatic nitrogens is 3. The van der Waals surface area contributed by atoms with Crippen molar-refractivity contribution in [2.24, 2.45) is 0 Å². The molecule has 3 aromatic rings. The van der Waals surface area contributed by atoms with Crippen molar-refractivity contribution in [2.75, 3.05) is 0 Å². The number of aromatic hydroxyl groups is 3. The van der Waals surface area contributed by atoms with Gasteiger partial charge in [0.1, 0.15) is 34.0 Å². The lowest BCUT2D eigenvalue weighted by Crippen LogP contribution is -1.98. The maximum Gasteiger partial charge on any atom is 0.143 e. The average Bonchev–Trinajstić information content (AvgIpc) is 2.74. The van der Waals surface area contributed by atoms with E-state index in [9.17, 15) is 15.3 Å². The van der Waals surface area contributed by atoms with Gasteiger partial charge in [-0.1, -0.05) is 0 Å². The highest BCUT2D eigenvalue weighted by atomic mass is 16.3. The summed E-state index contributed by atoms with van der Waals surface area (Å²) in [5.41, 5.74) is 1.35. The first-order valence-corrected chi connectivity index (χ1v) is 5.22. The predicted octanol–water partition coefficient (Wildman–Crippen LogP) is 1.54.